The first-order valence-electron chi connectivity index (χ1n) is 5.75. The van der Waals surface area contributed by atoms with Gasteiger partial charge in [0.15, 0.2) is 0 Å². The van der Waals surface area contributed by atoms with E-state index in [0.717, 1.165) is 0 Å². The van der Waals surface area contributed by atoms with Crippen molar-refractivity contribution in [1.82, 2.24) is 10.2 Å². The predicted octanol–water partition coefficient (Wildman–Crippen LogP) is 2.06. The lowest BCUT2D eigenvalue weighted by atomic mass is 10.3. The fourth-order valence-corrected chi connectivity index (χ4v) is 2.61. The van der Waals surface area contributed by atoms with Crippen molar-refractivity contribution in [3.63, 3.8) is 0 Å². The van der Waals surface area contributed by atoms with Crippen LogP contribution in [0.2, 0.25) is 0 Å². The van der Waals surface area contributed by atoms with Crippen molar-refractivity contribution in [2.75, 3.05) is 38.2 Å². The molecule has 0 aromatic rings. The summed E-state index contributed by atoms with van der Waals surface area (Å²) in [5.74, 6) is 2.51. The van der Waals surface area contributed by atoms with Crippen LogP contribution in [0.3, 0.4) is 0 Å². The molecule has 1 unspecified atom stereocenters. The van der Waals surface area contributed by atoms with Gasteiger partial charge in [-0.25, -0.2) is 0 Å². The lowest BCUT2D eigenvalue weighted by Gasteiger charge is -2.18. The minimum absolute atomic E-state index is 0.691. The lowest BCUT2D eigenvalue weighted by molar-refractivity contribution is 0.324. The summed E-state index contributed by atoms with van der Waals surface area (Å²) >= 11 is 2.07. The number of nitrogens with one attached hydrogen (secondary N) is 1. The van der Waals surface area contributed by atoms with Crippen LogP contribution >= 0.6 is 11.8 Å². The fraction of sp³-hybridized carbons (Fsp3) is 1.00. The molecule has 3 heteroatoms. The van der Waals surface area contributed by atoms with Crippen molar-refractivity contribution in [3.8, 4) is 0 Å². The Balaban J connectivity index is 3.35. The zero-order valence-electron chi connectivity index (χ0n) is 10.2. The Morgan fingerprint density at radius 1 is 1.21 bits per heavy atom. The highest BCUT2D eigenvalue weighted by Crippen LogP contribution is 2.05. The third-order valence-electron chi connectivity index (χ3n) is 2.67. The van der Waals surface area contributed by atoms with Gasteiger partial charge in [0.1, 0.15) is 0 Å². The van der Waals surface area contributed by atoms with E-state index < -0.39 is 0 Å². The standard InChI is InChI=1S/C11H26N2S/c1-5-11(12-4)10-14-9-8-13(6-2)7-3/h11-12H,5-10H2,1-4H3. The van der Waals surface area contributed by atoms with Crippen molar-refractivity contribution in [2.24, 2.45) is 0 Å². The summed E-state index contributed by atoms with van der Waals surface area (Å²) in [6.07, 6.45) is 1.23. The van der Waals surface area contributed by atoms with Crippen molar-refractivity contribution >= 4 is 11.8 Å². The van der Waals surface area contributed by atoms with E-state index in [2.05, 4.69) is 49.8 Å². The Morgan fingerprint density at radius 3 is 2.29 bits per heavy atom. The fourth-order valence-electron chi connectivity index (χ4n) is 1.36. The maximum Gasteiger partial charge on any atom is 0.0152 e. The van der Waals surface area contributed by atoms with E-state index in [1.54, 1.807) is 0 Å². The minimum atomic E-state index is 0.691. The van der Waals surface area contributed by atoms with E-state index in [4.69, 9.17) is 0 Å². The zero-order valence-corrected chi connectivity index (χ0v) is 11.0. The van der Waals surface area contributed by atoms with Crippen LogP contribution < -0.4 is 5.32 Å². The molecular weight excluding hydrogens is 192 g/mol. The monoisotopic (exact) mass is 218 g/mol. The number of rotatable bonds is 9. The van der Waals surface area contributed by atoms with Crippen LogP contribution in [-0.4, -0.2) is 49.1 Å². The van der Waals surface area contributed by atoms with E-state index in [1.165, 1.54) is 37.6 Å². The van der Waals surface area contributed by atoms with Crippen molar-refractivity contribution in [3.05, 3.63) is 0 Å². The van der Waals surface area contributed by atoms with Gasteiger partial charge >= 0.3 is 0 Å². The lowest BCUT2D eigenvalue weighted by Crippen LogP contribution is -2.28. The van der Waals surface area contributed by atoms with Gasteiger partial charge in [0.2, 0.25) is 0 Å². The summed E-state index contributed by atoms with van der Waals surface area (Å²) in [4.78, 5) is 2.48. The third kappa shape index (κ3) is 6.68. The van der Waals surface area contributed by atoms with Gasteiger partial charge in [-0.3, -0.25) is 0 Å². The molecule has 0 fully saturated rings. The van der Waals surface area contributed by atoms with Crippen LogP contribution in [0.5, 0.6) is 0 Å². The number of nitrogens with zero attached hydrogens (tertiary/aromatic N) is 1. The van der Waals surface area contributed by atoms with Crippen LogP contribution in [0, 0.1) is 0 Å². The highest BCUT2D eigenvalue weighted by atomic mass is 32.2. The molecule has 2 nitrogen and oxygen atoms in total. The molecule has 1 atom stereocenters. The Hall–Kier alpha value is 0.270. The molecule has 0 aliphatic rings. The second kappa shape index (κ2) is 9.81. The van der Waals surface area contributed by atoms with Crippen molar-refractivity contribution in [1.29, 1.82) is 0 Å². The summed E-state index contributed by atoms with van der Waals surface area (Å²) in [6.45, 7) is 10.3. The van der Waals surface area contributed by atoms with Gasteiger partial charge in [-0.1, -0.05) is 20.8 Å². The molecule has 0 amide bonds. The molecule has 0 radical (unpaired) electrons. The molecule has 1 N–H and O–H groups in total. The van der Waals surface area contributed by atoms with E-state index in [0.29, 0.717) is 6.04 Å². The van der Waals surface area contributed by atoms with Gasteiger partial charge in [0.25, 0.3) is 0 Å². The quantitative estimate of drug-likeness (QED) is 0.596. The maximum absolute atomic E-state index is 3.33. The normalized spacial score (nSPS) is 13.5. The molecule has 0 aromatic carbocycles. The molecule has 0 aliphatic carbocycles. The first-order valence-corrected chi connectivity index (χ1v) is 6.91. The van der Waals surface area contributed by atoms with Crippen molar-refractivity contribution < 1.29 is 0 Å². The van der Waals surface area contributed by atoms with E-state index in [-0.39, 0.29) is 0 Å². The number of hydrogen-bond donors (Lipinski definition) is 1. The molecule has 0 heterocycles. The van der Waals surface area contributed by atoms with E-state index in [9.17, 15) is 0 Å². The van der Waals surface area contributed by atoms with Crippen LogP contribution in [0.15, 0.2) is 0 Å². The highest BCUT2D eigenvalue weighted by molar-refractivity contribution is 7.99. The van der Waals surface area contributed by atoms with Crippen molar-refractivity contribution in [2.45, 2.75) is 33.2 Å². The Bertz CT molecular complexity index is 97.9. The van der Waals surface area contributed by atoms with Crippen LogP contribution in [-0.2, 0) is 0 Å². The summed E-state index contributed by atoms with van der Waals surface area (Å²) in [6, 6.07) is 0.691. The van der Waals surface area contributed by atoms with Gasteiger partial charge in [-0.05, 0) is 26.6 Å². The van der Waals surface area contributed by atoms with Gasteiger partial charge in [0, 0.05) is 24.1 Å². The Kier molecular flexibility index (Phi) is 10.0. The summed E-state index contributed by atoms with van der Waals surface area (Å²) in [7, 11) is 2.05. The second-order valence-electron chi connectivity index (χ2n) is 3.50. The molecule has 0 saturated carbocycles. The topological polar surface area (TPSA) is 15.3 Å². The summed E-state index contributed by atoms with van der Waals surface area (Å²) in [5, 5.41) is 3.33. The first kappa shape index (κ1) is 14.3. The third-order valence-corrected chi connectivity index (χ3v) is 3.78. The maximum atomic E-state index is 3.33. The molecule has 0 bridgehead atoms. The zero-order chi connectivity index (χ0) is 10.8. The summed E-state index contributed by atoms with van der Waals surface area (Å²) < 4.78 is 0. The summed E-state index contributed by atoms with van der Waals surface area (Å²) in [5.41, 5.74) is 0. The second-order valence-corrected chi connectivity index (χ2v) is 4.65. The smallest absolute Gasteiger partial charge is 0.0152 e. The Labute approximate surface area is 93.8 Å². The average Bonchev–Trinajstić information content (AvgIpc) is 2.24. The van der Waals surface area contributed by atoms with Gasteiger partial charge in [-0.2, -0.15) is 11.8 Å². The SMILES string of the molecule is CCC(CSCCN(CC)CC)NC. The number of thioether (sulfide) groups is 1. The Morgan fingerprint density at radius 2 is 1.86 bits per heavy atom. The van der Waals surface area contributed by atoms with Gasteiger partial charge < -0.3 is 10.2 Å². The average molecular weight is 218 g/mol. The van der Waals surface area contributed by atoms with Crippen LogP contribution in [0.1, 0.15) is 27.2 Å². The van der Waals surface area contributed by atoms with Crippen LogP contribution in [0.4, 0.5) is 0 Å². The molecule has 86 valence electrons. The van der Waals surface area contributed by atoms with Gasteiger partial charge in [-0.15, -0.1) is 0 Å². The molecule has 0 saturated heterocycles. The van der Waals surface area contributed by atoms with Gasteiger partial charge in [0.05, 0.1) is 0 Å². The highest BCUT2D eigenvalue weighted by Gasteiger charge is 2.03. The molecule has 0 spiro atoms. The number of hydrogen-bond acceptors (Lipinski definition) is 3. The van der Waals surface area contributed by atoms with E-state index >= 15 is 0 Å². The molecule has 0 aliphatic heterocycles. The molecule has 0 rings (SSSR count). The van der Waals surface area contributed by atoms with Crippen LogP contribution in [0.25, 0.3) is 0 Å². The van der Waals surface area contributed by atoms with E-state index in [1.807, 2.05) is 0 Å². The predicted molar refractivity (Wildman–Crippen MR) is 68.3 cm³/mol. The molecule has 0 aromatic heterocycles. The largest absolute Gasteiger partial charge is 0.316 e. The minimum Gasteiger partial charge on any atom is -0.316 e. The molecular formula is C11H26N2S. The first-order chi connectivity index (χ1) is 6.78. The molecule has 14 heavy (non-hydrogen) atoms.